The Kier molecular flexibility index (Phi) is 6.73. The van der Waals surface area contributed by atoms with Crippen LogP contribution in [0.3, 0.4) is 0 Å². The number of rotatable bonds is 7. The first-order chi connectivity index (χ1) is 12.5. The van der Waals surface area contributed by atoms with Crippen LogP contribution in [0.1, 0.15) is 49.8 Å². The molecule has 1 atom stereocenters. The van der Waals surface area contributed by atoms with Crippen LogP contribution in [-0.2, 0) is 6.54 Å². The molecule has 0 aromatic heterocycles. The van der Waals surface area contributed by atoms with Crippen molar-refractivity contribution in [2.75, 3.05) is 53.4 Å². The van der Waals surface area contributed by atoms with Crippen molar-refractivity contribution in [3.05, 3.63) is 35.4 Å². The number of piperidine rings is 1. The molecule has 0 saturated carbocycles. The Morgan fingerprint density at radius 1 is 1.08 bits per heavy atom. The lowest BCUT2D eigenvalue weighted by molar-refractivity contribution is 0.0165. The van der Waals surface area contributed by atoms with Gasteiger partial charge in [-0.1, -0.05) is 24.3 Å². The van der Waals surface area contributed by atoms with Gasteiger partial charge < -0.3 is 14.9 Å². The minimum absolute atomic E-state index is 0.127. The zero-order valence-electron chi connectivity index (χ0n) is 17.0. The molecule has 1 aromatic rings. The number of benzene rings is 1. The van der Waals surface area contributed by atoms with Gasteiger partial charge in [0.15, 0.2) is 0 Å². The van der Waals surface area contributed by atoms with Gasteiger partial charge in [-0.05, 0) is 84.0 Å². The van der Waals surface area contributed by atoms with Crippen molar-refractivity contribution in [3.63, 3.8) is 0 Å². The first-order valence-electron chi connectivity index (χ1n) is 10.3. The largest absolute Gasteiger partial charge is 0.396 e. The predicted octanol–water partition coefficient (Wildman–Crippen LogP) is 2.98. The zero-order chi connectivity index (χ0) is 18.6. The Labute approximate surface area is 159 Å². The summed E-state index contributed by atoms with van der Waals surface area (Å²) < 4.78 is 0. The summed E-state index contributed by atoms with van der Waals surface area (Å²) in [5, 5.41) is 10.1. The first kappa shape index (κ1) is 19.8. The number of aliphatic hydroxyl groups is 1. The molecule has 0 spiro atoms. The van der Waals surface area contributed by atoms with E-state index in [9.17, 15) is 5.11 Å². The Balaban J connectivity index is 1.55. The third-order valence-corrected chi connectivity index (χ3v) is 6.62. The summed E-state index contributed by atoms with van der Waals surface area (Å²) in [6.45, 7) is 9.36. The predicted molar refractivity (Wildman–Crippen MR) is 108 cm³/mol. The van der Waals surface area contributed by atoms with E-state index >= 15 is 0 Å². The maximum absolute atomic E-state index is 10.1. The lowest BCUT2D eigenvalue weighted by Gasteiger charge is -2.42. The summed E-state index contributed by atoms with van der Waals surface area (Å²) in [5.41, 5.74) is 2.93. The second kappa shape index (κ2) is 8.83. The Bertz CT molecular complexity index is 560. The van der Waals surface area contributed by atoms with Gasteiger partial charge in [0.1, 0.15) is 0 Å². The fourth-order valence-corrected chi connectivity index (χ4v) is 4.47. The average molecular weight is 360 g/mol. The number of aliphatic hydroxyl groups excluding tert-OH is 1. The minimum Gasteiger partial charge on any atom is -0.396 e. The summed E-state index contributed by atoms with van der Waals surface area (Å²) in [5.74, 6) is 0. The molecule has 4 nitrogen and oxygen atoms in total. The van der Waals surface area contributed by atoms with Crippen LogP contribution in [0.25, 0.3) is 0 Å². The molecular formula is C22H37N3O. The maximum atomic E-state index is 10.1. The van der Waals surface area contributed by atoms with Crippen molar-refractivity contribution in [2.24, 2.45) is 5.41 Å². The second-order valence-corrected chi connectivity index (χ2v) is 8.80. The molecule has 0 bridgehead atoms. The van der Waals surface area contributed by atoms with E-state index in [2.05, 4.69) is 60.0 Å². The van der Waals surface area contributed by atoms with Gasteiger partial charge in [-0.25, -0.2) is 0 Å². The molecule has 0 amide bonds. The molecule has 4 heteroatoms. The zero-order valence-corrected chi connectivity index (χ0v) is 17.0. The third kappa shape index (κ3) is 4.86. The number of likely N-dealkylation sites (tertiary alicyclic amines) is 2. The summed E-state index contributed by atoms with van der Waals surface area (Å²) in [6, 6.07) is 9.49. The van der Waals surface area contributed by atoms with Gasteiger partial charge in [0.05, 0.1) is 6.61 Å². The topological polar surface area (TPSA) is 30.0 Å². The van der Waals surface area contributed by atoms with Crippen LogP contribution in [0.15, 0.2) is 24.3 Å². The van der Waals surface area contributed by atoms with E-state index in [1.54, 1.807) is 0 Å². The van der Waals surface area contributed by atoms with Gasteiger partial charge >= 0.3 is 0 Å². The maximum Gasteiger partial charge on any atom is 0.0500 e. The van der Waals surface area contributed by atoms with Crippen molar-refractivity contribution in [2.45, 2.75) is 45.2 Å². The molecular weight excluding hydrogens is 322 g/mol. The average Bonchev–Trinajstić information content (AvgIpc) is 3.16. The molecule has 1 N–H and O–H groups in total. The van der Waals surface area contributed by atoms with Crippen LogP contribution < -0.4 is 0 Å². The second-order valence-electron chi connectivity index (χ2n) is 8.80. The summed E-state index contributed by atoms with van der Waals surface area (Å²) in [4.78, 5) is 7.39. The van der Waals surface area contributed by atoms with Crippen molar-refractivity contribution in [1.82, 2.24) is 14.7 Å². The van der Waals surface area contributed by atoms with Crippen molar-refractivity contribution in [1.29, 1.82) is 0 Å². The third-order valence-electron chi connectivity index (χ3n) is 6.62. The van der Waals surface area contributed by atoms with Crippen LogP contribution in [0.5, 0.6) is 0 Å². The van der Waals surface area contributed by atoms with Gasteiger partial charge in [-0.2, -0.15) is 0 Å². The van der Waals surface area contributed by atoms with Gasteiger partial charge in [0, 0.05) is 24.5 Å². The highest BCUT2D eigenvalue weighted by atomic mass is 16.3. The van der Waals surface area contributed by atoms with Crippen LogP contribution in [0.2, 0.25) is 0 Å². The molecule has 2 aliphatic heterocycles. The van der Waals surface area contributed by atoms with Crippen molar-refractivity contribution >= 4 is 0 Å². The van der Waals surface area contributed by atoms with Crippen LogP contribution >= 0.6 is 0 Å². The standard InChI is InChI=1S/C22H37N3O/c1-19(23(2)3)21-8-6-7-20(15-21)16-24-13-9-22(18-26,10-14-24)17-25-11-4-5-12-25/h6-8,15,19,26H,4-5,9-14,16-18H2,1-3H3/t19-/m1/s1. The van der Waals surface area contributed by atoms with Gasteiger partial charge in [-0.3, -0.25) is 4.90 Å². The Morgan fingerprint density at radius 3 is 2.38 bits per heavy atom. The van der Waals surface area contributed by atoms with Crippen molar-refractivity contribution in [3.8, 4) is 0 Å². The smallest absolute Gasteiger partial charge is 0.0500 e. The van der Waals surface area contributed by atoms with E-state index in [1.807, 2.05) is 0 Å². The number of hydrogen-bond donors (Lipinski definition) is 1. The SMILES string of the molecule is C[C@H](c1cccc(CN2CCC(CO)(CN3CCCC3)CC2)c1)N(C)C. The van der Waals surface area contributed by atoms with Crippen molar-refractivity contribution < 1.29 is 5.11 Å². The normalized spacial score (nSPS) is 22.8. The highest BCUT2D eigenvalue weighted by Crippen LogP contribution is 2.33. The van der Waals surface area contributed by atoms with Crippen LogP contribution in [-0.4, -0.2) is 73.2 Å². The quantitative estimate of drug-likeness (QED) is 0.811. The fourth-order valence-electron chi connectivity index (χ4n) is 4.47. The van der Waals surface area contributed by atoms with Gasteiger partial charge in [0.25, 0.3) is 0 Å². The highest BCUT2D eigenvalue weighted by Gasteiger charge is 2.36. The molecule has 0 radical (unpaired) electrons. The summed E-state index contributed by atoms with van der Waals surface area (Å²) in [7, 11) is 4.27. The number of nitrogens with zero attached hydrogens (tertiary/aromatic N) is 3. The van der Waals surface area contributed by atoms with E-state index in [0.717, 1.165) is 39.0 Å². The van der Waals surface area contributed by atoms with E-state index in [4.69, 9.17) is 0 Å². The molecule has 0 unspecified atom stereocenters. The molecule has 2 saturated heterocycles. The molecule has 3 rings (SSSR count). The van der Waals surface area contributed by atoms with E-state index < -0.39 is 0 Å². The minimum atomic E-state index is 0.127. The van der Waals surface area contributed by atoms with Crippen LogP contribution in [0, 0.1) is 5.41 Å². The fraction of sp³-hybridized carbons (Fsp3) is 0.727. The van der Waals surface area contributed by atoms with E-state index in [1.165, 1.54) is 37.1 Å². The van der Waals surface area contributed by atoms with Gasteiger partial charge in [0.2, 0.25) is 0 Å². The molecule has 2 fully saturated rings. The van der Waals surface area contributed by atoms with E-state index in [0.29, 0.717) is 12.6 Å². The number of hydrogen-bond acceptors (Lipinski definition) is 4. The van der Waals surface area contributed by atoms with Gasteiger partial charge in [-0.15, -0.1) is 0 Å². The monoisotopic (exact) mass is 359 g/mol. The lowest BCUT2D eigenvalue weighted by Crippen LogP contribution is -2.47. The summed E-state index contributed by atoms with van der Waals surface area (Å²) in [6.07, 6.45) is 4.90. The Morgan fingerprint density at radius 2 is 1.77 bits per heavy atom. The first-order valence-corrected chi connectivity index (χ1v) is 10.3. The lowest BCUT2D eigenvalue weighted by atomic mass is 9.78. The van der Waals surface area contributed by atoms with Crippen LogP contribution in [0.4, 0.5) is 0 Å². The summed E-state index contributed by atoms with van der Waals surface area (Å²) >= 11 is 0. The molecule has 2 aliphatic rings. The molecule has 0 aliphatic carbocycles. The highest BCUT2D eigenvalue weighted by molar-refractivity contribution is 5.25. The molecule has 2 heterocycles. The van der Waals surface area contributed by atoms with E-state index in [-0.39, 0.29) is 5.41 Å². The molecule has 26 heavy (non-hydrogen) atoms. The molecule has 1 aromatic carbocycles. The Hall–Kier alpha value is -0.940. The molecule has 146 valence electrons.